The number of nitrogens with one attached hydrogen (secondary N) is 2. The van der Waals surface area contributed by atoms with Crippen LogP contribution in [0.1, 0.15) is 5.56 Å². The Morgan fingerprint density at radius 1 is 0.576 bits per heavy atom. The molecule has 2 aromatic heterocycles. The van der Waals surface area contributed by atoms with E-state index in [0.717, 1.165) is 11.6 Å². The van der Waals surface area contributed by atoms with E-state index in [4.69, 9.17) is 34.2 Å². The second-order valence-corrected chi connectivity index (χ2v) is 12.6. The standard InChI is InChI=1S/C27H24FN3O5.C17H15FN2O3/c1-34-24-15-19-21(16-25(24)35-2)29-13-11-22(19)36-23-9-8-18(14-20(23)28)31-27(33)26(32)30-12-10-17-6-4-3-5-7-17;1-21-16-8-11-13(9-17(16)22-2)20-6-5-14(11)23-15-4-3-10(19)7-12(15)18/h3-9,11,13-16H,10,12H2,1-2H3,(H,30,32)(H,31,33);3-9H,19H2,1-2H3. The van der Waals surface area contributed by atoms with Crippen LogP contribution in [0.3, 0.4) is 0 Å². The van der Waals surface area contributed by atoms with E-state index in [1.807, 2.05) is 30.3 Å². The Balaban J connectivity index is 0.000000219. The van der Waals surface area contributed by atoms with Crippen LogP contribution in [0.15, 0.2) is 116 Å². The molecule has 0 bridgehead atoms. The predicted octanol–water partition coefficient (Wildman–Crippen LogP) is 8.25. The van der Waals surface area contributed by atoms with Crippen molar-refractivity contribution in [2.45, 2.75) is 6.42 Å². The zero-order chi connectivity index (χ0) is 41.9. The summed E-state index contributed by atoms with van der Waals surface area (Å²) in [6, 6.07) is 27.8. The summed E-state index contributed by atoms with van der Waals surface area (Å²) >= 11 is 0. The first kappa shape index (κ1) is 41.0. The molecule has 59 heavy (non-hydrogen) atoms. The predicted molar refractivity (Wildman–Crippen MR) is 219 cm³/mol. The molecule has 15 heteroatoms. The third kappa shape index (κ3) is 10.0. The van der Waals surface area contributed by atoms with Crippen molar-refractivity contribution in [1.82, 2.24) is 15.3 Å². The summed E-state index contributed by atoms with van der Waals surface area (Å²) in [7, 11) is 6.12. The largest absolute Gasteiger partial charge is 0.493 e. The van der Waals surface area contributed by atoms with Gasteiger partial charge in [-0.2, -0.15) is 0 Å². The van der Waals surface area contributed by atoms with E-state index in [-0.39, 0.29) is 17.2 Å². The highest BCUT2D eigenvalue weighted by Crippen LogP contribution is 2.39. The first-order valence-corrected chi connectivity index (χ1v) is 18.0. The molecule has 7 rings (SSSR count). The highest BCUT2D eigenvalue weighted by atomic mass is 19.1. The fraction of sp³-hybridized carbons (Fsp3) is 0.136. The lowest BCUT2D eigenvalue weighted by Gasteiger charge is -2.13. The van der Waals surface area contributed by atoms with Gasteiger partial charge in [-0.25, -0.2) is 8.78 Å². The highest BCUT2D eigenvalue weighted by molar-refractivity contribution is 6.39. The minimum absolute atomic E-state index is 0.0670. The first-order chi connectivity index (χ1) is 28.6. The molecule has 7 aromatic rings. The zero-order valence-corrected chi connectivity index (χ0v) is 32.4. The second-order valence-electron chi connectivity index (χ2n) is 12.6. The fourth-order valence-electron chi connectivity index (χ4n) is 5.80. The Kier molecular flexibility index (Phi) is 13.2. The maximum Gasteiger partial charge on any atom is 0.313 e. The molecule has 0 fully saturated rings. The van der Waals surface area contributed by atoms with Crippen LogP contribution in [0.5, 0.6) is 46.0 Å². The van der Waals surface area contributed by atoms with Crippen molar-refractivity contribution in [2.75, 3.05) is 46.0 Å². The summed E-state index contributed by atoms with van der Waals surface area (Å²) in [4.78, 5) is 32.9. The number of fused-ring (bicyclic) bond motifs is 2. The van der Waals surface area contributed by atoms with Crippen molar-refractivity contribution >= 4 is 45.0 Å². The second kappa shape index (κ2) is 19.0. The van der Waals surface area contributed by atoms with Crippen LogP contribution in [0.4, 0.5) is 20.2 Å². The molecule has 4 N–H and O–H groups in total. The van der Waals surface area contributed by atoms with E-state index in [9.17, 15) is 18.4 Å². The van der Waals surface area contributed by atoms with Crippen LogP contribution in [0.25, 0.3) is 21.8 Å². The van der Waals surface area contributed by atoms with Crippen LogP contribution >= 0.6 is 0 Å². The first-order valence-electron chi connectivity index (χ1n) is 18.0. The molecule has 0 atom stereocenters. The van der Waals surface area contributed by atoms with E-state index in [1.165, 1.54) is 44.7 Å². The SMILES string of the molecule is COc1cc2nccc(Oc3ccc(N)cc3F)c2cc1OC.COc1cc2nccc(Oc3ccc(NC(=O)C(=O)NCCc4ccccc4)cc3F)c2cc1OC. The van der Waals surface area contributed by atoms with E-state index >= 15 is 0 Å². The third-order valence-corrected chi connectivity index (χ3v) is 8.75. The Hall–Kier alpha value is -7.68. The number of halogens is 2. The van der Waals surface area contributed by atoms with Crippen molar-refractivity contribution in [1.29, 1.82) is 0 Å². The number of anilines is 2. The summed E-state index contributed by atoms with van der Waals surface area (Å²) in [6.45, 7) is 0.300. The van der Waals surface area contributed by atoms with Gasteiger partial charge in [-0.15, -0.1) is 0 Å². The normalized spacial score (nSPS) is 10.5. The molecule has 0 unspecified atom stereocenters. The molecule has 13 nitrogen and oxygen atoms in total. The number of pyridine rings is 2. The van der Waals surface area contributed by atoms with Gasteiger partial charge in [-0.05, 0) is 60.5 Å². The number of carbonyl (C=O) groups excluding carboxylic acids is 2. The lowest BCUT2D eigenvalue weighted by atomic mass is 10.1. The van der Waals surface area contributed by atoms with Gasteiger partial charge in [0.15, 0.2) is 46.1 Å². The van der Waals surface area contributed by atoms with E-state index in [2.05, 4.69) is 20.6 Å². The molecule has 0 aliphatic carbocycles. The number of nitrogens with two attached hydrogens (primary N) is 1. The molecule has 2 amide bonds. The van der Waals surface area contributed by atoms with Crippen LogP contribution in [0.2, 0.25) is 0 Å². The molecule has 0 aliphatic rings. The Bertz CT molecular complexity index is 2610. The fourth-order valence-corrected chi connectivity index (χ4v) is 5.80. The average molecular weight is 804 g/mol. The molecule has 0 aliphatic heterocycles. The number of hydrogen-bond acceptors (Lipinski definition) is 11. The number of rotatable bonds is 12. The van der Waals surface area contributed by atoms with Gasteiger partial charge >= 0.3 is 11.8 Å². The number of carbonyl (C=O) groups is 2. The number of nitrogens with zero attached hydrogens (tertiary/aromatic N) is 2. The summed E-state index contributed by atoms with van der Waals surface area (Å²) in [5, 5.41) is 6.22. The van der Waals surface area contributed by atoms with E-state index in [1.54, 1.807) is 62.9 Å². The number of benzene rings is 5. The van der Waals surface area contributed by atoms with Crippen molar-refractivity contribution in [3.05, 3.63) is 133 Å². The number of methoxy groups -OCH3 is 4. The maximum absolute atomic E-state index is 14.8. The molecule has 0 spiro atoms. The van der Waals surface area contributed by atoms with Crippen LogP contribution < -0.4 is 44.8 Å². The Morgan fingerprint density at radius 2 is 1.08 bits per heavy atom. The Morgan fingerprint density at radius 3 is 1.59 bits per heavy atom. The van der Waals surface area contributed by atoms with Gasteiger partial charge in [0.2, 0.25) is 0 Å². The van der Waals surface area contributed by atoms with E-state index in [0.29, 0.717) is 75.0 Å². The zero-order valence-electron chi connectivity index (χ0n) is 32.4. The third-order valence-electron chi connectivity index (χ3n) is 8.75. The van der Waals surface area contributed by atoms with Gasteiger partial charge in [0.25, 0.3) is 0 Å². The summed E-state index contributed by atoms with van der Waals surface area (Å²) < 4.78 is 61.4. The van der Waals surface area contributed by atoms with Gasteiger partial charge in [-0.3, -0.25) is 19.6 Å². The van der Waals surface area contributed by atoms with Gasteiger partial charge in [-0.1, -0.05) is 30.3 Å². The molecule has 0 saturated heterocycles. The topological polar surface area (TPSA) is 165 Å². The number of amides is 2. The summed E-state index contributed by atoms with van der Waals surface area (Å²) in [6.07, 6.45) is 3.70. The van der Waals surface area contributed by atoms with Crippen molar-refractivity contribution in [3.8, 4) is 46.0 Å². The van der Waals surface area contributed by atoms with Crippen LogP contribution in [-0.4, -0.2) is 56.8 Å². The number of hydrogen-bond donors (Lipinski definition) is 3. The lowest BCUT2D eigenvalue weighted by molar-refractivity contribution is -0.136. The van der Waals surface area contributed by atoms with Crippen LogP contribution in [0, 0.1) is 11.6 Å². The number of nitrogen functional groups attached to an aromatic ring is 1. The monoisotopic (exact) mass is 803 g/mol. The minimum Gasteiger partial charge on any atom is -0.493 e. The molecule has 0 saturated carbocycles. The summed E-state index contributed by atoms with van der Waals surface area (Å²) in [5.74, 6) is -0.0414. The van der Waals surface area contributed by atoms with E-state index < -0.39 is 23.4 Å². The lowest BCUT2D eigenvalue weighted by Crippen LogP contribution is -2.36. The molecular weight excluding hydrogens is 765 g/mol. The Labute approximate surface area is 337 Å². The maximum atomic E-state index is 14.8. The minimum atomic E-state index is -0.891. The van der Waals surface area contributed by atoms with Gasteiger partial charge in [0.05, 0.1) is 39.5 Å². The quantitative estimate of drug-likeness (QED) is 0.0805. The van der Waals surface area contributed by atoms with Crippen LogP contribution in [-0.2, 0) is 16.0 Å². The van der Waals surface area contributed by atoms with Gasteiger partial charge in [0.1, 0.15) is 11.5 Å². The van der Waals surface area contributed by atoms with Gasteiger partial charge < -0.3 is 44.8 Å². The molecule has 2 heterocycles. The molecule has 5 aromatic carbocycles. The van der Waals surface area contributed by atoms with Crippen molar-refractivity contribution in [3.63, 3.8) is 0 Å². The number of aromatic nitrogens is 2. The summed E-state index contributed by atoms with van der Waals surface area (Å²) in [5.41, 5.74) is 8.26. The van der Waals surface area contributed by atoms with Gasteiger partial charge in [0, 0.05) is 65.4 Å². The highest BCUT2D eigenvalue weighted by Gasteiger charge is 2.17. The van der Waals surface area contributed by atoms with Crippen molar-refractivity contribution < 1.29 is 46.8 Å². The van der Waals surface area contributed by atoms with Crippen molar-refractivity contribution in [2.24, 2.45) is 0 Å². The molecular formula is C44H39F2N5O8. The average Bonchev–Trinajstić information content (AvgIpc) is 3.25. The number of ether oxygens (including phenoxy) is 6. The molecule has 0 radical (unpaired) electrons. The smallest absolute Gasteiger partial charge is 0.313 e. The molecule has 302 valence electrons.